The van der Waals surface area contributed by atoms with Crippen molar-refractivity contribution >= 4 is 34.4 Å². The van der Waals surface area contributed by atoms with Crippen molar-refractivity contribution in [1.82, 2.24) is 34.0 Å². The third-order valence-electron chi connectivity index (χ3n) is 6.46. The first-order valence-corrected chi connectivity index (χ1v) is 11.6. The highest BCUT2D eigenvalue weighted by molar-refractivity contribution is 5.89. The number of hydrogen-bond acceptors (Lipinski definition) is 7. The van der Waals surface area contributed by atoms with E-state index >= 15 is 0 Å². The van der Waals surface area contributed by atoms with E-state index in [4.69, 9.17) is 4.98 Å². The van der Waals surface area contributed by atoms with E-state index in [2.05, 4.69) is 25.7 Å². The summed E-state index contributed by atoms with van der Waals surface area (Å²) in [5, 5.41) is 10.2. The van der Waals surface area contributed by atoms with E-state index in [1.807, 2.05) is 18.2 Å². The number of hydrogen-bond donors (Lipinski definition) is 2. The molecule has 4 aromatic rings. The standard InChI is InChI=1S/C23H26F3N9O/c1-13-28-17-5-4-16(29-21(17)34(13)11-8-24)15-6-10-35-19(15)20(27-3)31-22(32-35)30-18-7-9-33(14(2)36)12-23(18,25)26/h4-6,10,18H,7-9,11-12H2,1-3H3,(H2,27,30,31,32)/t18-/m1/s1. The smallest absolute Gasteiger partial charge is 0.285 e. The molecule has 0 aromatic carbocycles. The number of carbonyl (C=O) groups is 1. The van der Waals surface area contributed by atoms with Gasteiger partial charge in [-0.15, -0.1) is 5.10 Å². The topological polar surface area (TPSA) is 105 Å². The Morgan fingerprint density at radius 1 is 1.22 bits per heavy atom. The van der Waals surface area contributed by atoms with Gasteiger partial charge < -0.3 is 20.1 Å². The van der Waals surface area contributed by atoms with Gasteiger partial charge in [0.25, 0.3) is 5.92 Å². The van der Waals surface area contributed by atoms with Crippen LogP contribution in [-0.4, -0.2) is 78.7 Å². The Hall–Kier alpha value is -3.90. The van der Waals surface area contributed by atoms with E-state index in [1.165, 1.54) is 6.92 Å². The summed E-state index contributed by atoms with van der Waals surface area (Å²) in [4.78, 5) is 26.3. The first-order chi connectivity index (χ1) is 17.2. The van der Waals surface area contributed by atoms with Gasteiger partial charge in [0, 0.05) is 32.3 Å². The number of carbonyl (C=O) groups excluding carboxylic acids is 1. The Bertz CT molecular complexity index is 1450. The number of aryl methyl sites for hydroxylation is 2. The number of piperidine rings is 1. The molecule has 0 bridgehead atoms. The Balaban J connectivity index is 1.50. The van der Waals surface area contributed by atoms with Gasteiger partial charge in [0.1, 0.15) is 23.5 Å². The molecule has 1 fully saturated rings. The van der Waals surface area contributed by atoms with Crippen molar-refractivity contribution in [2.45, 2.75) is 38.8 Å². The number of alkyl halides is 3. The number of amides is 1. The highest BCUT2D eigenvalue weighted by Crippen LogP contribution is 2.32. The highest BCUT2D eigenvalue weighted by atomic mass is 19.3. The minimum absolute atomic E-state index is 0.0370. The summed E-state index contributed by atoms with van der Waals surface area (Å²) >= 11 is 0. The Labute approximate surface area is 204 Å². The van der Waals surface area contributed by atoms with Crippen molar-refractivity contribution in [3.05, 3.63) is 30.2 Å². The van der Waals surface area contributed by atoms with Crippen molar-refractivity contribution in [1.29, 1.82) is 0 Å². The van der Waals surface area contributed by atoms with Gasteiger partial charge in [-0.25, -0.2) is 27.7 Å². The Morgan fingerprint density at radius 3 is 2.72 bits per heavy atom. The lowest BCUT2D eigenvalue weighted by atomic mass is 10.0. The molecule has 0 spiro atoms. The quantitative estimate of drug-likeness (QED) is 0.418. The summed E-state index contributed by atoms with van der Waals surface area (Å²) in [6, 6.07) is 4.24. The van der Waals surface area contributed by atoms with Crippen LogP contribution in [0.15, 0.2) is 24.4 Å². The SMILES string of the molecule is CNc1nc(N[C@@H]2CCN(C(C)=O)CC2(F)F)nn2ccc(-c3ccc4nc(C)n(CCF)c4n3)c12. The number of halogens is 3. The van der Waals surface area contributed by atoms with E-state index in [9.17, 15) is 18.0 Å². The van der Waals surface area contributed by atoms with E-state index in [0.29, 0.717) is 34.0 Å². The average molecular weight is 502 g/mol. The van der Waals surface area contributed by atoms with Crippen LogP contribution in [0.3, 0.4) is 0 Å². The second-order valence-electron chi connectivity index (χ2n) is 8.78. The number of anilines is 2. The molecule has 0 aliphatic carbocycles. The maximum Gasteiger partial charge on any atom is 0.285 e. The van der Waals surface area contributed by atoms with Crippen molar-refractivity contribution in [2.75, 3.05) is 37.4 Å². The first kappa shape index (κ1) is 23.8. The first-order valence-electron chi connectivity index (χ1n) is 11.6. The molecule has 5 rings (SSSR count). The predicted octanol–water partition coefficient (Wildman–Crippen LogP) is 3.13. The lowest BCUT2D eigenvalue weighted by molar-refractivity contribution is -0.140. The van der Waals surface area contributed by atoms with E-state index in [0.717, 1.165) is 10.5 Å². The van der Waals surface area contributed by atoms with Gasteiger partial charge in [0.15, 0.2) is 11.5 Å². The molecule has 4 aromatic heterocycles. The molecule has 1 saturated heterocycles. The second kappa shape index (κ2) is 8.95. The van der Waals surface area contributed by atoms with Crippen LogP contribution >= 0.6 is 0 Å². The van der Waals surface area contributed by atoms with Gasteiger partial charge in [-0.05, 0) is 31.5 Å². The molecule has 5 heterocycles. The number of nitrogens with one attached hydrogen (secondary N) is 2. The number of likely N-dealkylation sites (tertiary alicyclic amines) is 1. The zero-order valence-electron chi connectivity index (χ0n) is 20.1. The lowest BCUT2D eigenvalue weighted by Gasteiger charge is -2.38. The molecule has 10 nitrogen and oxygen atoms in total. The van der Waals surface area contributed by atoms with Gasteiger partial charge in [-0.3, -0.25) is 4.79 Å². The number of imidazole rings is 1. The minimum atomic E-state index is -3.14. The highest BCUT2D eigenvalue weighted by Gasteiger charge is 2.45. The van der Waals surface area contributed by atoms with Gasteiger partial charge in [0.05, 0.1) is 24.8 Å². The average Bonchev–Trinajstić information content (AvgIpc) is 3.40. The molecule has 2 N–H and O–H groups in total. The lowest BCUT2D eigenvalue weighted by Crippen LogP contribution is -2.55. The van der Waals surface area contributed by atoms with Crippen LogP contribution in [0.5, 0.6) is 0 Å². The van der Waals surface area contributed by atoms with Crippen molar-refractivity contribution in [3.8, 4) is 11.3 Å². The number of aromatic nitrogens is 6. The maximum absolute atomic E-state index is 14.7. The third-order valence-corrected chi connectivity index (χ3v) is 6.46. The molecule has 1 amide bonds. The largest absolute Gasteiger partial charge is 0.371 e. The summed E-state index contributed by atoms with van der Waals surface area (Å²) in [6.07, 6.45) is 1.76. The zero-order chi connectivity index (χ0) is 25.6. The van der Waals surface area contributed by atoms with Crippen molar-refractivity contribution in [3.63, 3.8) is 0 Å². The Kier molecular flexibility index (Phi) is 5.92. The zero-order valence-corrected chi connectivity index (χ0v) is 20.1. The number of fused-ring (bicyclic) bond motifs is 2. The maximum atomic E-state index is 14.7. The summed E-state index contributed by atoms with van der Waals surface area (Å²) in [5.41, 5.74) is 3.20. The van der Waals surface area contributed by atoms with E-state index in [-0.39, 0.29) is 31.4 Å². The molecule has 36 heavy (non-hydrogen) atoms. The van der Waals surface area contributed by atoms with E-state index in [1.54, 1.807) is 29.3 Å². The molecule has 0 unspecified atom stereocenters. The monoisotopic (exact) mass is 501 g/mol. The predicted molar refractivity (Wildman–Crippen MR) is 129 cm³/mol. The van der Waals surface area contributed by atoms with Crippen LogP contribution in [0, 0.1) is 6.92 Å². The molecule has 0 radical (unpaired) electrons. The summed E-state index contributed by atoms with van der Waals surface area (Å²) < 4.78 is 45.8. The fourth-order valence-electron chi connectivity index (χ4n) is 4.63. The number of pyridine rings is 1. The van der Waals surface area contributed by atoms with Gasteiger partial charge in [-0.1, -0.05) is 0 Å². The van der Waals surface area contributed by atoms with Crippen LogP contribution in [0.25, 0.3) is 27.9 Å². The minimum Gasteiger partial charge on any atom is -0.371 e. The molecular formula is C23H26F3N9O. The van der Waals surface area contributed by atoms with Gasteiger partial charge in [-0.2, -0.15) is 4.98 Å². The molecule has 1 aliphatic heterocycles. The van der Waals surface area contributed by atoms with Crippen LogP contribution in [0.2, 0.25) is 0 Å². The van der Waals surface area contributed by atoms with Gasteiger partial charge >= 0.3 is 0 Å². The van der Waals surface area contributed by atoms with Crippen LogP contribution in [0.4, 0.5) is 24.9 Å². The molecular weight excluding hydrogens is 475 g/mol. The fourth-order valence-corrected chi connectivity index (χ4v) is 4.63. The van der Waals surface area contributed by atoms with Gasteiger partial charge in [0.2, 0.25) is 11.9 Å². The Morgan fingerprint density at radius 2 is 2.03 bits per heavy atom. The molecule has 13 heteroatoms. The van der Waals surface area contributed by atoms with Crippen LogP contribution in [-0.2, 0) is 11.3 Å². The molecule has 1 atom stereocenters. The second-order valence-corrected chi connectivity index (χ2v) is 8.78. The fraction of sp³-hybridized carbons (Fsp3) is 0.435. The molecule has 0 saturated carbocycles. The third kappa shape index (κ3) is 4.07. The van der Waals surface area contributed by atoms with Crippen molar-refractivity contribution < 1.29 is 18.0 Å². The van der Waals surface area contributed by atoms with Crippen molar-refractivity contribution in [2.24, 2.45) is 0 Å². The normalized spacial score (nSPS) is 17.6. The number of rotatable bonds is 6. The molecule has 190 valence electrons. The summed E-state index contributed by atoms with van der Waals surface area (Å²) in [7, 11) is 1.68. The van der Waals surface area contributed by atoms with E-state index < -0.39 is 25.2 Å². The van der Waals surface area contributed by atoms with Crippen LogP contribution < -0.4 is 10.6 Å². The molecule has 1 aliphatic rings. The summed E-state index contributed by atoms with van der Waals surface area (Å²) in [6.45, 7) is 2.29. The number of nitrogens with zero attached hydrogens (tertiary/aromatic N) is 7. The summed E-state index contributed by atoms with van der Waals surface area (Å²) in [5.74, 6) is -2.38. The van der Waals surface area contributed by atoms with Crippen LogP contribution in [0.1, 0.15) is 19.2 Å².